The maximum absolute atomic E-state index is 4.52. The number of aromatic nitrogens is 1. The van der Waals surface area contributed by atoms with Crippen LogP contribution in [0.2, 0.25) is 0 Å². The molecule has 3 heteroatoms. The molecule has 0 aromatic carbocycles. The minimum absolute atomic E-state index is 0.682. The van der Waals surface area contributed by atoms with Crippen LogP contribution in [0.4, 0.5) is 5.13 Å². The number of nitrogens with zero attached hydrogens (tertiary/aromatic N) is 2. The van der Waals surface area contributed by atoms with E-state index in [1.165, 1.54) is 41.3 Å². The fraction of sp³-hybridized carbons (Fsp3) is 0.583. The molecule has 2 aliphatic heterocycles. The summed E-state index contributed by atoms with van der Waals surface area (Å²) in [7, 11) is 0. The topological polar surface area (TPSA) is 16.1 Å². The molecule has 2 fully saturated rings. The molecule has 0 N–H and O–H groups in total. The first-order valence-corrected chi connectivity index (χ1v) is 6.43. The van der Waals surface area contributed by atoms with Gasteiger partial charge in [0.05, 0.1) is 0 Å². The molecule has 1 aromatic rings. The first-order valence-electron chi connectivity index (χ1n) is 5.61. The van der Waals surface area contributed by atoms with Crippen LogP contribution in [0.5, 0.6) is 0 Å². The molecule has 0 aliphatic carbocycles. The highest BCUT2D eigenvalue weighted by molar-refractivity contribution is 7.15. The van der Waals surface area contributed by atoms with Crippen molar-refractivity contribution in [3.05, 3.63) is 23.2 Å². The van der Waals surface area contributed by atoms with Crippen LogP contribution in [0.3, 0.4) is 0 Å². The van der Waals surface area contributed by atoms with Crippen molar-refractivity contribution < 1.29 is 0 Å². The van der Waals surface area contributed by atoms with Gasteiger partial charge in [-0.2, -0.15) is 0 Å². The number of piperidine rings is 1. The summed E-state index contributed by atoms with van der Waals surface area (Å²) in [6.07, 6.45) is 6.98. The normalized spacial score (nSPS) is 29.9. The molecule has 80 valence electrons. The van der Waals surface area contributed by atoms with Gasteiger partial charge in [0.2, 0.25) is 0 Å². The van der Waals surface area contributed by atoms with Gasteiger partial charge in [-0.25, -0.2) is 4.98 Å². The van der Waals surface area contributed by atoms with Gasteiger partial charge in [0.1, 0.15) is 0 Å². The van der Waals surface area contributed by atoms with Crippen LogP contribution < -0.4 is 4.90 Å². The van der Waals surface area contributed by atoms with Gasteiger partial charge in [-0.05, 0) is 32.6 Å². The van der Waals surface area contributed by atoms with E-state index in [9.17, 15) is 0 Å². The van der Waals surface area contributed by atoms with Crippen LogP contribution in [0.15, 0.2) is 18.3 Å². The van der Waals surface area contributed by atoms with E-state index >= 15 is 0 Å². The van der Waals surface area contributed by atoms with Crippen LogP contribution in [-0.2, 0) is 0 Å². The molecule has 3 heterocycles. The zero-order chi connectivity index (χ0) is 10.4. The molecule has 0 amide bonds. The van der Waals surface area contributed by atoms with Crippen molar-refractivity contribution in [3.63, 3.8) is 0 Å². The quantitative estimate of drug-likeness (QED) is 0.676. The Labute approximate surface area is 94.6 Å². The molecule has 0 spiro atoms. The van der Waals surface area contributed by atoms with Crippen LogP contribution in [0, 0.1) is 6.92 Å². The molecule has 0 saturated carbocycles. The van der Waals surface area contributed by atoms with Gasteiger partial charge in [0, 0.05) is 23.2 Å². The summed E-state index contributed by atoms with van der Waals surface area (Å²) >= 11 is 1.83. The third-order valence-electron chi connectivity index (χ3n) is 3.50. The summed E-state index contributed by atoms with van der Waals surface area (Å²) < 4.78 is 0. The van der Waals surface area contributed by atoms with Crippen molar-refractivity contribution in [2.45, 2.75) is 44.7 Å². The predicted octanol–water partition coefficient (Wildman–Crippen LogP) is 3.14. The predicted molar refractivity (Wildman–Crippen MR) is 64.5 cm³/mol. The standard InChI is InChI=1S/C12H16N2S/c1-8-5-10-3-4-11(6-8)14(10)12-13-7-9(2)15-12/h7,10-11H,1,3-6H2,2H3. The number of anilines is 1. The number of fused-ring (bicyclic) bond motifs is 2. The van der Waals surface area contributed by atoms with E-state index in [1.807, 2.05) is 17.5 Å². The third-order valence-corrected chi connectivity index (χ3v) is 4.42. The monoisotopic (exact) mass is 220 g/mol. The van der Waals surface area contributed by atoms with Gasteiger partial charge in [0.15, 0.2) is 5.13 Å². The number of hydrogen-bond acceptors (Lipinski definition) is 3. The first-order chi connectivity index (χ1) is 7.24. The average Bonchev–Trinajstić information content (AvgIpc) is 2.69. The molecule has 2 saturated heterocycles. The molecule has 2 unspecified atom stereocenters. The molecule has 2 atom stereocenters. The molecule has 1 aromatic heterocycles. The molecule has 2 bridgehead atoms. The van der Waals surface area contributed by atoms with E-state index in [2.05, 4.69) is 23.4 Å². The number of thiazole rings is 1. The largest absolute Gasteiger partial charge is 0.341 e. The van der Waals surface area contributed by atoms with E-state index in [-0.39, 0.29) is 0 Å². The minimum atomic E-state index is 0.682. The van der Waals surface area contributed by atoms with Crippen LogP contribution >= 0.6 is 11.3 Å². The lowest BCUT2D eigenvalue weighted by Gasteiger charge is -2.35. The Balaban J connectivity index is 1.91. The fourth-order valence-corrected chi connectivity index (χ4v) is 3.79. The van der Waals surface area contributed by atoms with Crippen molar-refractivity contribution >= 4 is 16.5 Å². The molecule has 0 radical (unpaired) electrons. The highest BCUT2D eigenvalue weighted by atomic mass is 32.1. The Morgan fingerprint density at radius 1 is 1.40 bits per heavy atom. The van der Waals surface area contributed by atoms with Crippen molar-refractivity contribution in [1.82, 2.24) is 4.98 Å². The van der Waals surface area contributed by atoms with E-state index in [4.69, 9.17) is 0 Å². The first kappa shape index (κ1) is 9.40. The van der Waals surface area contributed by atoms with E-state index in [1.54, 1.807) is 0 Å². The second-order valence-corrected chi connectivity index (χ2v) is 5.92. The lowest BCUT2D eigenvalue weighted by atomic mass is 9.99. The minimum Gasteiger partial charge on any atom is -0.341 e. The van der Waals surface area contributed by atoms with Gasteiger partial charge >= 0.3 is 0 Å². The number of hydrogen-bond donors (Lipinski definition) is 0. The maximum atomic E-state index is 4.52. The molecular formula is C12H16N2S. The van der Waals surface area contributed by atoms with E-state index < -0.39 is 0 Å². The van der Waals surface area contributed by atoms with Crippen molar-refractivity contribution in [2.75, 3.05) is 4.90 Å². The lowest BCUT2D eigenvalue weighted by molar-refractivity contribution is 0.550. The Hall–Kier alpha value is -0.830. The highest BCUT2D eigenvalue weighted by Crippen LogP contribution is 2.41. The molecular weight excluding hydrogens is 204 g/mol. The summed E-state index contributed by atoms with van der Waals surface area (Å²) in [5.74, 6) is 0. The van der Waals surface area contributed by atoms with E-state index in [0.29, 0.717) is 12.1 Å². The lowest BCUT2D eigenvalue weighted by Crippen LogP contribution is -2.40. The average molecular weight is 220 g/mol. The SMILES string of the molecule is C=C1CC2CCC(C1)N2c1ncc(C)s1. The summed E-state index contributed by atoms with van der Waals surface area (Å²) in [5.41, 5.74) is 1.44. The Morgan fingerprint density at radius 2 is 2.07 bits per heavy atom. The van der Waals surface area contributed by atoms with Crippen molar-refractivity contribution in [2.24, 2.45) is 0 Å². The molecule has 15 heavy (non-hydrogen) atoms. The highest BCUT2D eigenvalue weighted by Gasteiger charge is 2.39. The van der Waals surface area contributed by atoms with Crippen LogP contribution in [0.25, 0.3) is 0 Å². The summed E-state index contributed by atoms with van der Waals surface area (Å²) in [5, 5.41) is 1.23. The van der Waals surface area contributed by atoms with Gasteiger partial charge in [-0.3, -0.25) is 0 Å². The zero-order valence-corrected chi connectivity index (χ0v) is 9.89. The second kappa shape index (κ2) is 3.34. The van der Waals surface area contributed by atoms with E-state index in [0.717, 1.165) is 0 Å². The molecule has 2 aliphatic rings. The maximum Gasteiger partial charge on any atom is 0.186 e. The van der Waals surface area contributed by atoms with Crippen molar-refractivity contribution in [1.29, 1.82) is 0 Å². The fourth-order valence-electron chi connectivity index (χ4n) is 2.89. The Bertz CT molecular complexity index is 380. The van der Waals surface area contributed by atoms with Gasteiger partial charge in [0.25, 0.3) is 0 Å². The summed E-state index contributed by atoms with van der Waals surface area (Å²) in [4.78, 5) is 8.38. The third kappa shape index (κ3) is 1.49. The van der Waals surface area contributed by atoms with Gasteiger partial charge in [-0.15, -0.1) is 11.3 Å². The van der Waals surface area contributed by atoms with Crippen molar-refractivity contribution in [3.8, 4) is 0 Å². The van der Waals surface area contributed by atoms with Gasteiger partial charge in [-0.1, -0.05) is 12.2 Å². The van der Waals surface area contributed by atoms with Crippen LogP contribution in [-0.4, -0.2) is 17.1 Å². The second-order valence-electron chi connectivity index (χ2n) is 4.70. The van der Waals surface area contributed by atoms with Gasteiger partial charge < -0.3 is 4.90 Å². The number of rotatable bonds is 1. The summed E-state index contributed by atoms with van der Waals surface area (Å²) in [6, 6.07) is 1.36. The van der Waals surface area contributed by atoms with Crippen LogP contribution in [0.1, 0.15) is 30.6 Å². The summed E-state index contributed by atoms with van der Waals surface area (Å²) in [6.45, 7) is 6.28. The molecule has 2 nitrogen and oxygen atoms in total. The Morgan fingerprint density at radius 3 is 2.60 bits per heavy atom. The Kier molecular flexibility index (Phi) is 2.09. The smallest absolute Gasteiger partial charge is 0.186 e. The number of aryl methyl sites for hydroxylation is 1. The zero-order valence-electron chi connectivity index (χ0n) is 9.07. The molecule has 3 rings (SSSR count).